The number of carbonyl (C=O) groups is 2. The van der Waals surface area contributed by atoms with Crippen molar-refractivity contribution >= 4 is 58.5 Å². The number of nitrogens with one attached hydrogen (secondary N) is 1. The zero-order valence-electron chi connectivity index (χ0n) is 12.2. The van der Waals surface area contributed by atoms with Crippen molar-refractivity contribution in [2.75, 3.05) is 6.61 Å². The van der Waals surface area contributed by atoms with Crippen molar-refractivity contribution in [1.82, 2.24) is 5.32 Å². The van der Waals surface area contributed by atoms with E-state index in [1.54, 1.807) is 0 Å². The van der Waals surface area contributed by atoms with Gasteiger partial charge in [0.25, 0.3) is 0 Å². The van der Waals surface area contributed by atoms with Crippen molar-refractivity contribution in [3.63, 3.8) is 0 Å². The van der Waals surface area contributed by atoms with E-state index < -0.39 is 22.1 Å². The molecule has 0 saturated carbocycles. The number of unbranched alkanes of at least 4 members (excludes halogenated alkanes) is 1. The summed E-state index contributed by atoms with van der Waals surface area (Å²) in [7, 11) is 0. The van der Waals surface area contributed by atoms with Crippen LogP contribution in [-0.2, 0) is 9.47 Å². The molecule has 0 bridgehead atoms. The highest BCUT2D eigenvalue weighted by Crippen LogP contribution is 2.31. The van der Waals surface area contributed by atoms with E-state index >= 15 is 0 Å². The predicted molar refractivity (Wildman–Crippen MR) is 90.3 cm³/mol. The Morgan fingerprint density at radius 1 is 1.22 bits per heavy atom. The fourth-order valence-corrected chi connectivity index (χ4v) is 1.82. The van der Waals surface area contributed by atoms with E-state index in [1.807, 2.05) is 6.92 Å². The highest BCUT2D eigenvalue weighted by atomic mass is 35.6. The van der Waals surface area contributed by atoms with Crippen molar-refractivity contribution in [2.45, 2.75) is 29.8 Å². The van der Waals surface area contributed by atoms with Gasteiger partial charge in [-0.05, 0) is 30.7 Å². The molecule has 0 aliphatic rings. The fraction of sp³-hybridized carbons (Fsp3) is 0.429. The normalized spacial score (nSPS) is 12.4. The van der Waals surface area contributed by atoms with Gasteiger partial charge in [-0.3, -0.25) is 5.32 Å². The monoisotopic (exact) mass is 401 g/mol. The van der Waals surface area contributed by atoms with E-state index in [2.05, 4.69) is 5.32 Å². The van der Waals surface area contributed by atoms with Crippen LogP contribution in [-0.4, -0.2) is 28.7 Å². The molecular weight excluding hydrogens is 388 g/mol. The number of hydrogen-bond donors (Lipinski definition) is 1. The Balaban J connectivity index is 2.69. The Kier molecular flexibility index (Phi) is 8.26. The van der Waals surface area contributed by atoms with Gasteiger partial charge in [0.2, 0.25) is 10.0 Å². The highest BCUT2D eigenvalue weighted by molar-refractivity contribution is 6.68. The molecule has 5 nitrogen and oxygen atoms in total. The number of rotatable bonds is 6. The summed E-state index contributed by atoms with van der Waals surface area (Å²) in [6.45, 7) is 2.15. The van der Waals surface area contributed by atoms with Crippen LogP contribution in [0.15, 0.2) is 24.3 Å². The molecule has 1 aromatic rings. The third-order valence-corrected chi connectivity index (χ3v) is 3.43. The molecule has 0 saturated heterocycles. The third-order valence-electron chi connectivity index (χ3n) is 2.58. The number of amides is 1. The molecule has 0 heterocycles. The Bertz CT molecular complexity index is 531. The van der Waals surface area contributed by atoms with Gasteiger partial charge < -0.3 is 9.47 Å². The first-order valence-corrected chi connectivity index (χ1v) is 8.21. The zero-order chi connectivity index (χ0) is 17.5. The van der Waals surface area contributed by atoms with Crippen LogP contribution in [0.5, 0.6) is 0 Å². The van der Waals surface area contributed by atoms with Crippen molar-refractivity contribution in [3.05, 3.63) is 34.9 Å². The molecule has 9 heteroatoms. The molecule has 1 unspecified atom stereocenters. The maximum Gasteiger partial charge on any atom is 0.410 e. The Hall–Kier alpha value is -0.880. The number of alkyl halides is 3. The van der Waals surface area contributed by atoms with Crippen LogP contribution in [0.2, 0.25) is 5.02 Å². The minimum Gasteiger partial charge on any atom is -0.449 e. The number of carbonyl (C=O) groups excluding carboxylic acids is 2. The van der Waals surface area contributed by atoms with Crippen LogP contribution in [0.25, 0.3) is 0 Å². The molecule has 0 aliphatic heterocycles. The summed E-state index contributed by atoms with van der Waals surface area (Å²) in [6, 6.07) is 5.91. The lowest BCUT2D eigenvalue weighted by Gasteiger charge is -2.24. The second-order valence-electron chi connectivity index (χ2n) is 4.47. The lowest BCUT2D eigenvalue weighted by atomic mass is 10.2. The lowest BCUT2D eigenvalue weighted by molar-refractivity contribution is 0.0216. The molecule has 0 aromatic heterocycles. The standard InChI is InChI=1S/C14H15Cl4NO4/c1-2-3-8-22-13(21)19-12(14(16,17)18)23-11(20)9-4-6-10(15)7-5-9/h4-7,12H,2-3,8H2,1H3,(H,19,21). The van der Waals surface area contributed by atoms with Crippen molar-refractivity contribution in [2.24, 2.45) is 0 Å². The summed E-state index contributed by atoms with van der Waals surface area (Å²) in [6.07, 6.45) is -0.813. The summed E-state index contributed by atoms with van der Waals surface area (Å²) < 4.78 is 7.84. The van der Waals surface area contributed by atoms with Crippen LogP contribution in [0, 0.1) is 0 Å². The molecular formula is C14H15Cl4NO4. The average Bonchev–Trinajstić information content (AvgIpc) is 2.46. The molecule has 23 heavy (non-hydrogen) atoms. The maximum absolute atomic E-state index is 12.0. The molecule has 0 radical (unpaired) electrons. The Morgan fingerprint density at radius 2 is 1.83 bits per heavy atom. The van der Waals surface area contributed by atoms with Gasteiger partial charge in [-0.2, -0.15) is 0 Å². The number of halogens is 4. The predicted octanol–water partition coefficient (Wildman–Crippen LogP) is 4.72. The molecule has 1 aromatic carbocycles. The molecule has 128 valence electrons. The second kappa shape index (κ2) is 9.42. The van der Waals surface area contributed by atoms with Crippen LogP contribution in [0.4, 0.5) is 4.79 Å². The second-order valence-corrected chi connectivity index (χ2v) is 7.27. The van der Waals surface area contributed by atoms with Crippen LogP contribution in [0.1, 0.15) is 30.1 Å². The summed E-state index contributed by atoms with van der Waals surface area (Å²) in [5.74, 6) is -0.785. The summed E-state index contributed by atoms with van der Waals surface area (Å²) >= 11 is 22.9. The maximum atomic E-state index is 12.0. The number of ether oxygens (including phenoxy) is 2. The van der Waals surface area contributed by atoms with E-state index in [-0.39, 0.29) is 12.2 Å². The third kappa shape index (κ3) is 7.48. The minimum atomic E-state index is -2.06. The van der Waals surface area contributed by atoms with E-state index in [9.17, 15) is 9.59 Å². The number of alkyl carbamates (subject to hydrolysis) is 1. The number of hydrogen-bond acceptors (Lipinski definition) is 4. The zero-order valence-corrected chi connectivity index (χ0v) is 15.2. The largest absolute Gasteiger partial charge is 0.449 e. The highest BCUT2D eigenvalue weighted by Gasteiger charge is 2.38. The first-order chi connectivity index (χ1) is 10.7. The van der Waals surface area contributed by atoms with Gasteiger partial charge in [0.1, 0.15) is 0 Å². The minimum absolute atomic E-state index is 0.190. The van der Waals surface area contributed by atoms with E-state index in [0.29, 0.717) is 11.4 Å². The lowest BCUT2D eigenvalue weighted by Crippen LogP contribution is -2.47. The van der Waals surface area contributed by atoms with Crippen molar-refractivity contribution < 1.29 is 19.1 Å². The number of esters is 1. The quantitative estimate of drug-likeness (QED) is 0.323. The average molecular weight is 403 g/mol. The van der Waals surface area contributed by atoms with Gasteiger partial charge in [0.15, 0.2) is 0 Å². The van der Waals surface area contributed by atoms with Gasteiger partial charge in [-0.25, -0.2) is 9.59 Å². The summed E-state index contributed by atoms with van der Waals surface area (Å²) in [5.41, 5.74) is 0.190. The first kappa shape index (κ1) is 20.2. The Labute approximate surface area is 154 Å². The molecule has 1 amide bonds. The van der Waals surface area contributed by atoms with Gasteiger partial charge >= 0.3 is 12.1 Å². The summed E-state index contributed by atoms with van der Waals surface area (Å²) in [5, 5.41) is 2.66. The van der Waals surface area contributed by atoms with Gasteiger partial charge in [0.05, 0.1) is 12.2 Å². The van der Waals surface area contributed by atoms with Crippen LogP contribution < -0.4 is 5.32 Å². The van der Waals surface area contributed by atoms with E-state index in [0.717, 1.165) is 6.42 Å². The van der Waals surface area contributed by atoms with Gasteiger partial charge in [-0.15, -0.1) is 0 Å². The van der Waals surface area contributed by atoms with E-state index in [4.69, 9.17) is 55.9 Å². The summed E-state index contributed by atoms with van der Waals surface area (Å²) in [4.78, 5) is 23.6. The number of benzene rings is 1. The molecule has 0 fully saturated rings. The molecule has 1 atom stereocenters. The van der Waals surface area contributed by atoms with Crippen molar-refractivity contribution in [1.29, 1.82) is 0 Å². The van der Waals surface area contributed by atoms with E-state index in [1.165, 1.54) is 24.3 Å². The Morgan fingerprint density at radius 3 is 2.35 bits per heavy atom. The fourth-order valence-electron chi connectivity index (χ4n) is 1.40. The topological polar surface area (TPSA) is 64.6 Å². The molecule has 1 rings (SSSR count). The van der Waals surface area contributed by atoms with Gasteiger partial charge in [0, 0.05) is 5.02 Å². The molecule has 0 spiro atoms. The molecule has 0 aliphatic carbocycles. The first-order valence-electron chi connectivity index (χ1n) is 6.70. The van der Waals surface area contributed by atoms with Crippen molar-refractivity contribution in [3.8, 4) is 0 Å². The molecule has 1 N–H and O–H groups in total. The smallest absolute Gasteiger partial charge is 0.410 e. The SMILES string of the molecule is CCCCOC(=O)NC(OC(=O)c1ccc(Cl)cc1)C(Cl)(Cl)Cl. The van der Waals surface area contributed by atoms with Gasteiger partial charge in [-0.1, -0.05) is 59.7 Å². The van der Waals surface area contributed by atoms with Crippen LogP contribution in [0.3, 0.4) is 0 Å². The van der Waals surface area contributed by atoms with Crippen LogP contribution >= 0.6 is 46.4 Å².